The average Bonchev–Trinajstić information content (AvgIpc) is 2.69. The molecule has 1 unspecified atom stereocenters. The predicted molar refractivity (Wildman–Crippen MR) is 110 cm³/mol. The van der Waals surface area contributed by atoms with Gasteiger partial charge in [0.2, 0.25) is 0 Å². The van der Waals surface area contributed by atoms with Gasteiger partial charge in [-0.1, -0.05) is 11.6 Å². The van der Waals surface area contributed by atoms with Gasteiger partial charge in [-0.3, -0.25) is 4.79 Å². The van der Waals surface area contributed by atoms with Crippen molar-refractivity contribution in [1.29, 1.82) is 0 Å². The van der Waals surface area contributed by atoms with Crippen molar-refractivity contribution < 1.29 is 9.53 Å². The molecule has 1 amide bonds. The Morgan fingerprint density at radius 1 is 1.33 bits per heavy atom. The monoisotopic (exact) mass is 394 g/mol. The number of nitrogens with one attached hydrogen (secondary N) is 2. The van der Waals surface area contributed by atoms with E-state index in [1.165, 1.54) is 39.5 Å². The van der Waals surface area contributed by atoms with Gasteiger partial charge in [0.05, 0.1) is 23.4 Å². The molecule has 1 aromatic rings. The van der Waals surface area contributed by atoms with Crippen LogP contribution in [-0.2, 0) is 0 Å². The topological polar surface area (TPSA) is 79.6 Å². The summed E-state index contributed by atoms with van der Waals surface area (Å²) in [7, 11) is 1.53. The maximum Gasteiger partial charge on any atom is 0.255 e. The van der Waals surface area contributed by atoms with Crippen molar-refractivity contribution in [1.82, 2.24) is 15.5 Å². The highest BCUT2D eigenvalue weighted by Gasteiger charge is 2.24. The van der Waals surface area contributed by atoms with E-state index in [4.69, 9.17) is 22.1 Å². The number of benzene rings is 1. The lowest BCUT2D eigenvalue weighted by Crippen LogP contribution is -2.44. The Hall–Kier alpha value is -1.50. The van der Waals surface area contributed by atoms with Crippen LogP contribution in [0.25, 0.3) is 0 Å². The van der Waals surface area contributed by atoms with Crippen LogP contribution in [0, 0.1) is 11.8 Å². The molecule has 150 valence electrons. The van der Waals surface area contributed by atoms with Crippen molar-refractivity contribution in [2.45, 2.75) is 25.7 Å². The number of carbonyl (C=O) groups excluding carboxylic acids is 1. The van der Waals surface area contributed by atoms with Crippen LogP contribution in [0.5, 0.6) is 5.75 Å². The highest BCUT2D eigenvalue weighted by atomic mass is 35.5. The van der Waals surface area contributed by atoms with Crippen molar-refractivity contribution >= 4 is 23.2 Å². The first kappa shape index (κ1) is 20.2. The molecule has 2 heterocycles. The van der Waals surface area contributed by atoms with Crippen molar-refractivity contribution in [2.75, 3.05) is 52.1 Å². The molecule has 0 saturated carbocycles. The van der Waals surface area contributed by atoms with Crippen molar-refractivity contribution in [3.8, 4) is 5.75 Å². The summed E-state index contributed by atoms with van der Waals surface area (Å²) >= 11 is 6.08. The molecular weight excluding hydrogens is 364 g/mol. The van der Waals surface area contributed by atoms with Gasteiger partial charge in [-0.25, -0.2) is 0 Å². The zero-order valence-electron chi connectivity index (χ0n) is 16.1. The quantitative estimate of drug-likeness (QED) is 0.645. The summed E-state index contributed by atoms with van der Waals surface area (Å²) in [6.45, 7) is 6.38. The van der Waals surface area contributed by atoms with E-state index in [1.807, 2.05) is 0 Å². The molecule has 0 bridgehead atoms. The summed E-state index contributed by atoms with van der Waals surface area (Å²) in [4.78, 5) is 15.2. The van der Waals surface area contributed by atoms with Crippen LogP contribution >= 0.6 is 11.6 Å². The largest absolute Gasteiger partial charge is 0.496 e. The van der Waals surface area contributed by atoms with Gasteiger partial charge in [0.1, 0.15) is 5.75 Å². The number of nitrogen functional groups attached to an aromatic ring is 1. The van der Waals surface area contributed by atoms with E-state index < -0.39 is 0 Å². The summed E-state index contributed by atoms with van der Waals surface area (Å²) in [5.41, 5.74) is 6.63. The molecule has 2 fully saturated rings. The Labute approximate surface area is 166 Å². The minimum Gasteiger partial charge on any atom is -0.496 e. The molecule has 27 heavy (non-hydrogen) atoms. The van der Waals surface area contributed by atoms with Crippen LogP contribution in [0.3, 0.4) is 0 Å². The fourth-order valence-electron chi connectivity index (χ4n) is 4.16. The van der Waals surface area contributed by atoms with Crippen LogP contribution < -0.4 is 21.1 Å². The fourth-order valence-corrected chi connectivity index (χ4v) is 4.32. The summed E-state index contributed by atoms with van der Waals surface area (Å²) in [5.74, 6) is 1.58. The van der Waals surface area contributed by atoms with E-state index in [9.17, 15) is 4.79 Å². The third-order valence-corrected chi connectivity index (χ3v) is 6.02. The number of nitrogens with zero attached hydrogens (tertiary/aromatic N) is 1. The Balaban J connectivity index is 1.51. The lowest BCUT2D eigenvalue weighted by atomic mass is 9.93. The van der Waals surface area contributed by atoms with E-state index in [0.29, 0.717) is 34.5 Å². The smallest absolute Gasteiger partial charge is 0.255 e. The molecule has 0 aromatic heterocycles. The Bertz CT molecular complexity index is 649. The lowest BCUT2D eigenvalue weighted by molar-refractivity contribution is 0.0921. The maximum atomic E-state index is 12.6. The Morgan fingerprint density at radius 2 is 2.11 bits per heavy atom. The number of rotatable bonds is 6. The molecule has 2 saturated heterocycles. The van der Waals surface area contributed by atoms with Crippen molar-refractivity contribution in [3.05, 3.63) is 22.7 Å². The second-order valence-corrected chi connectivity index (χ2v) is 8.15. The number of hydrogen-bond acceptors (Lipinski definition) is 5. The first-order valence-electron chi connectivity index (χ1n) is 9.91. The van der Waals surface area contributed by atoms with Crippen molar-refractivity contribution in [2.24, 2.45) is 11.8 Å². The highest BCUT2D eigenvalue weighted by molar-refractivity contribution is 6.33. The molecule has 4 N–H and O–H groups in total. The number of nitrogens with two attached hydrogens (primary N) is 1. The normalized spacial score (nSPS) is 21.8. The number of likely N-dealkylation sites (tertiary alicyclic amines) is 1. The summed E-state index contributed by atoms with van der Waals surface area (Å²) in [6.07, 6.45) is 4.90. The standard InChI is InChI=1S/C20H31ClN4O2/c1-27-19-10-18(22)17(21)9-16(19)20(26)24-11-15-3-2-8-25(13-15)12-14-4-6-23-7-5-14/h9-10,14-15,23H,2-8,11-13,22H2,1H3,(H,24,26). The van der Waals surface area contributed by atoms with Gasteiger partial charge in [0.25, 0.3) is 5.91 Å². The molecule has 1 atom stereocenters. The molecule has 2 aliphatic heterocycles. The first-order valence-corrected chi connectivity index (χ1v) is 10.3. The molecule has 0 aliphatic carbocycles. The van der Waals surface area contributed by atoms with Crippen LogP contribution in [0.1, 0.15) is 36.0 Å². The van der Waals surface area contributed by atoms with Crippen LogP contribution in [0.15, 0.2) is 12.1 Å². The van der Waals surface area contributed by atoms with Crippen LogP contribution in [0.4, 0.5) is 5.69 Å². The van der Waals surface area contributed by atoms with E-state index in [0.717, 1.165) is 32.0 Å². The van der Waals surface area contributed by atoms with Gasteiger partial charge in [0.15, 0.2) is 0 Å². The number of carbonyl (C=O) groups is 1. The van der Waals surface area contributed by atoms with E-state index in [-0.39, 0.29) is 5.91 Å². The number of methoxy groups -OCH3 is 1. The summed E-state index contributed by atoms with van der Waals surface area (Å²) in [6, 6.07) is 3.17. The van der Waals surface area contributed by atoms with Gasteiger partial charge >= 0.3 is 0 Å². The molecular formula is C20H31ClN4O2. The first-order chi connectivity index (χ1) is 13.1. The van der Waals surface area contributed by atoms with Gasteiger partial charge in [-0.05, 0) is 63.2 Å². The number of ether oxygens (including phenoxy) is 1. The number of halogens is 1. The summed E-state index contributed by atoms with van der Waals surface area (Å²) in [5, 5.41) is 6.86. The molecule has 3 rings (SSSR count). The third-order valence-electron chi connectivity index (χ3n) is 5.69. The molecule has 0 radical (unpaired) electrons. The lowest BCUT2D eigenvalue weighted by Gasteiger charge is -2.36. The number of anilines is 1. The van der Waals surface area contributed by atoms with E-state index >= 15 is 0 Å². The van der Waals surface area contributed by atoms with Gasteiger partial charge < -0.3 is 26.0 Å². The van der Waals surface area contributed by atoms with Crippen molar-refractivity contribution in [3.63, 3.8) is 0 Å². The van der Waals surface area contributed by atoms with Crippen LogP contribution in [0.2, 0.25) is 5.02 Å². The van der Waals surface area contributed by atoms with Gasteiger partial charge in [-0.15, -0.1) is 0 Å². The Kier molecular flexibility index (Phi) is 7.21. The fraction of sp³-hybridized carbons (Fsp3) is 0.650. The predicted octanol–water partition coefficient (Wildman–Crippen LogP) is 2.37. The summed E-state index contributed by atoms with van der Waals surface area (Å²) < 4.78 is 5.28. The van der Waals surface area contributed by atoms with E-state index in [1.54, 1.807) is 12.1 Å². The molecule has 0 spiro atoms. The Morgan fingerprint density at radius 3 is 2.85 bits per heavy atom. The zero-order valence-corrected chi connectivity index (χ0v) is 16.9. The van der Waals surface area contributed by atoms with Gasteiger partial charge in [0, 0.05) is 25.7 Å². The zero-order chi connectivity index (χ0) is 19.2. The minimum absolute atomic E-state index is 0.163. The second-order valence-electron chi connectivity index (χ2n) is 7.75. The molecule has 1 aromatic carbocycles. The highest BCUT2D eigenvalue weighted by Crippen LogP contribution is 2.29. The number of hydrogen-bond donors (Lipinski definition) is 3. The molecule has 7 heteroatoms. The maximum absolute atomic E-state index is 12.6. The van der Waals surface area contributed by atoms with E-state index in [2.05, 4.69) is 15.5 Å². The SMILES string of the molecule is COc1cc(N)c(Cl)cc1C(=O)NCC1CCCN(CC2CCNCC2)C1. The number of piperidine rings is 2. The molecule has 6 nitrogen and oxygen atoms in total. The van der Waals surface area contributed by atoms with Gasteiger partial charge in [-0.2, -0.15) is 0 Å². The minimum atomic E-state index is -0.163. The second kappa shape index (κ2) is 9.62. The average molecular weight is 395 g/mol. The molecule has 2 aliphatic rings. The van der Waals surface area contributed by atoms with Crippen LogP contribution in [-0.4, -0.2) is 57.2 Å². The third kappa shape index (κ3) is 5.50. The number of amides is 1.